The first-order valence-electron chi connectivity index (χ1n) is 20.4. The Bertz CT molecular complexity index is 3050. The minimum absolute atomic E-state index is 0.124. The molecule has 0 N–H and O–H groups in total. The van der Waals surface area contributed by atoms with Crippen molar-refractivity contribution >= 4 is 17.1 Å². The van der Waals surface area contributed by atoms with Crippen molar-refractivity contribution in [3.63, 3.8) is 0 Å². The van der Waals surface area contributed by atoms with Crippen LogP contribution in [0, 0.1) is 0 Å². The molecule has 1 aromatic heterocycles. The zero-order chi connectivity index (χ0) is 39.3. The molecule has 9 aromatic rings. The summed E-state index contributed by atoms with van der Waals surface area (Å²) in [6, 6.07) is 69.9. The Morgan fingerprint density at radius 2 is 0.763 bits per heavy atom. The maximum Gasteiger partial charge on any atom is 0.164 e. The molecule has 59 heavy (non-hydrogen) atoms. The SMILES string of the molecule is CC1(C)c2ccccc2N(c2ccc(-c3nc(-c4ccccc4)nc(-c4cccc5c4-c4ccccc4C54c5ccccc5-c5ccccc54)n3)cc2)c2ccccc21. The number of para-hydroxylation sites is 2. The lowest BCUT2D eigenvalue weighted by Crippen LogP contribution is -2.30. The van der Waals surface area contributed by atoms with Gasteiger partial charge in [0, 0.05) is 27.8 Å². The van der Waals surface area contributed by atoms with Gasteiger partial charge in [-0.3, -0.25) is 0 Å². The van der Waals surface area contributed by atoms with Crippen LogP contribution in [0.1, 0.15) is 47.2 Å². The zero-order valence-electron chi connectivity index (χ0n) is 32.8. The average molecular weight is 755 g/mol. The summed E-state index contributed by atoms with van der Waals surface area (Å²) in [5.74, 6) is 1.93. The number of fused-ring (bicyclic) bond motifs is 12. The minimum Gasteiger partial charge on any atom is -0.310 e. The molecule has 0 bridgehead atoms. The first-order chi connectivity index (χ1) is 29.0. The van der Waals surface area contributed by atoms with E-state index in [-0.39, 0.29) is 5.41 Å². The number of aromatic nitrogens is 3. The Labute approximate surface area is 344 Å². The Morgan fingerprint density at radius 1 is 0.339 bits per heavy atom. The molecule has 0 saturated heterocycles. The van der Waals surface area contributed by atoms with E-state index in [1.807, 2.05) is 18.2 Å². The van der Waals surface area contributed by atoms with Gasteiger partial charge in [-0.1, -0.05) is 172 Å². The average Bonchev–Trinajstić information content (AvgIpc) is 3.77. The number of nitrogens with zero attached hydrogens (tertiary/aromatic N) is 4. The highest BCUT2D eigenvalue weighted by Gasteiger charge is 2.52. The summed E-state index contributed by atoms with van der Waals surface area (Å²) in [5, 5.41) is 0. The third-order valence-electron chi connectivity index (χ3n) is 12.9. The van der Waals surface area contributed by atoms with Crippen LogP contribution >= 0.6 is 0 Å². The molecule has 0 saturated carbocycles. The molecule has 4 nitrogen and oxygen atoms in total. The summed E-state index contributed by atoms with van der Waals surface area (Å²) in [6.45, 7) is 4.64. The van der Waals surface area contributed by atoms with Crippen molar-refractivity contribution in [1.29, 1.82) is 0 Å². The zero-order valence-corrected chi connectivity index (χ0v) is 32.8. The van der Waals surface area contributed by atoms with Crippen LogP contribution in [-0.4, -0.2) is 15.0 Å². The Morgan fingerprint density at radius 3 is 1.36 bits per heavy atom. The molecule has 278 valence electrons. The van der Waals surface area contributed by atoms with Crippen molar-refractivity contribution in [2.45, 2.75) is 24.7 Å². The predicted molar refractivity (Wildman–Crippen MR) is 239 cm³/mol. The molecule has 0 amide bonds. The van der Waals surface area contributed by atoms with Gasteiger partial charge >= 0.3 is 0 Å². The molecule has 1 spiro atoms. The highest BCUT2D eigenvalue weighted by atomic mass is 15.2. The van der Waals surface area contributed by atoms with Crippen LogP contribution in [-0.2, 0) is 10.8 Å². The van der Waals surface area contributed by atoms with Gasteiger partial charge in [-0.15, -0.1) is 0 Å². The highest BCUT2D eigenvalue weighted by Crippen LogP contribution is 2.64. The molecule has 2 aliphatic carbocycles. The fraction of sp³-hybridized carbons (Fsp3) is 0.0727. The molecule has 0 unspecified atom stereocenters. The van der Waals surface area contributed by atoms with Crippen LogP contribution in [0.3, 0.4) is 0 Å². The van der Waals surface area contributed by atoms with Crippen LogP contribution in [0.15, 0.2) is 194 Å². The molecular formula is C55H38N4. The van der Waals surface area contributed by atoms with Gasteiger partial charge < -0.3 is 4.90 Å². The third-order valence-corrected chi connectivity index (χ3v) is 12.9. The molecule has 0 atom stereocenters. The van der Waals surface area contributed by atoms with E-state index in [9.17, 15) is 0 Å². The summed E-state index contributed by atoms with van der Waals surface area (Å²) < 4.78 is 0. The first kappa shape index (κ1) is 33.7. The Kier molecular flexibility index (Phi) is 7.16. The van der Waals surface area contributed by atoms with E-state index < -0.39 is 5.41 Å². The molecule has 3 aliphatic rings. The summed E-state index contributed by atoms with van der Waals surface area (Å²) in [6.07, 6.45) is 0. The molecule has 2 heterocycles. The van der Waals surface area contributed by atoms with E-state index >= 15 is 0 Å². The van der Waals surface area contributed by atoms with E-state index in [2.05, 4.69) is 195 Å². The van der Waals surface area contributed by atoms with Crippen LogP contribution in [0.25, 0.3) is 56.4 Å². The number of anilines is 3. The molecule has 1 aliphatic heterocycles. The van der Waals surface area contributed by atoms with Crippen molar-refractivity contribution in [3.05, 3.63) is 228 Å². The fourth-order valence-corrected chi connectivity index (χ4v) is 10.4. The second-order valence-electron chi connectivity index (χ2n) is 16.3. The topological polar surface area (TPSA) is 41.9 Å². The predicted octanol–water partition coefficient (Wildman–Crippen LogP) is 13.3. The second kappa shape index (κ2) is 12.5. The quantitative estimate of drug-likeness (QED) is 0.179. The Hall–Kier alpha value is -7.43. The van der Waals surface area contributed by atoms with E-state index in [4.69, 9.17) is 15.0 Å². The van der Waals surface area contributed by atoms with Gasteiger partial charge in [0.25, 0.3) is 0 Å². The smallest absolute Gasteiger partial charge is 0.164 e. The van der Waals surface area contributed by atoms with Gasteiger partial charge in [0.15, 0.2) is 17.5 Å². The van der Waals surface area contributed by atoms with Gasteiger partial charge in [-0.05, 0) is 92.0 Å². The molecule has 12 rings (SSSR count). The maximum absolute atomic E-state index is 5.35. The van der Waals surface area contributed by atoms with Crippen LogP contribution in [0.4, 0.5) is 17.1 Å². The van der Waals surface area contributed by atoms with Crippen LogP contribution in [0.2, 0.25) is 0 Å². The first-order valence-corrected chi connectivity index (χ1v) is 20.4. The number of hydrogen-bond acceptors (Lipinski definition) is 4. The fourth-order valence-electron chi connectivity index (χ4n) is 10.4. The summed E-state index contributed by atoms with van der Waals surface area (Å²) in [5.41, 5.74) is 18.5. The van der Waals surface area contributed by atoms with Gasteiger partial charge in [0.2, 0.25) is 0 Å². The normalized spacial score (nSPS) is 14.5. The monoisotopic (exact) mass is 754 g/mol. The highest BCUT2D eigenvalue weighted by molar-refractivity contribution is 5.99. The molecule has 4 heteroatoms. The Balaban J connectivity index is 1.04. The standard InChI is InChI=1S/C55H38N4/c1-54(2)45-26-12-14-29-48(45)59(49-30-15-13-27-46(49)54)37-33-31-36(32-34-37)52-56-51(35-17-4-3-5-18-35)57-53(58-52)41-22-16-28-47-50(41)40-21-8-11-25-44(40)55(47)42-23-9-6-19-38(42)39-20-7-10-24-43(39)55/h3-34H,1-2H3. The van der Waals surface area contributed by atoms with Crippen molar-refractivity contribution in [2.75, 3.05) is 4.90 Å². The number of rotatable bonds is 4. The largest absolute Gasteiger partial charge is 0.310 e. The molecule has 8 aromatic carbocycles. The van der Waals surface area contributed by atoms with Crippen LogP contribution < -0.4 is 4.90 Å². The van der Waals surface area contributed by atoms with Gasteiger partial charge in [-0.2, -0.15) is 0 Å². The van der Waals surface area contributed by atoms with Crippen molar-refractivity contribution in [3.8, 4) is 56.4 Å². The maximum atomic E-state index is 5.35. The van der Waals surface area contributed by atoms with E-state index in [1.54, 1.807) is 0 Å². The van der Waals surface area contributed by atoms with Gasteiger partial charge in [0.1, 0.15) is 0 Å². The van der Waals surface area contributed by atoms with E-state index in [0.717, 1.165) is 22.4 Å². The van der Waals surface area contributed by atoms with Crippen molar-refractivity contribution < 1.29 is 0 Å². The second-order valence-corrected chi connectivity index (χ2v) is 16.3. The minimum atomic E-state index is -0.454. The summed E-state index contributed by atoms with van der Waals surface area (Å²) in [4.78, 5) is 18.2. The van der Waals surface area contributed by atoms with Crippen molar-refractivity contribution in [1.82, 2.24) is 15.0 Å². The summed E-state index contributed by atoms with van der Waals surface area (Å²) >= 11 is 0. The number of benzene rings is 8. The number of hydrogen-bond donors (Lipinski definition) is 0. The van der Waals surface area contributed by atoms with Crippen LogP contribution in [0.5, 0.6) is 0 Å². The molecular weight excluding hydrogens is 717 g/mol. The lowest BCUT2D eigenvalue weighted by atomic mass is 9.70. The van der Waals surface area contributed by atoms with Crippen molar-refractivity contribution in [2.24, 2.45) is 0 Å². The van der Waals surface area contributed by atoms with Gasteiger partial charge in [0.05, 0.1) is 16.8 Å². The third kappa shape index (κ3) is 4.69. The van der Waals surface area contributed by atoms with E-state index in [0.29, 0.717) is 17.5 Å². The lowest BCUT2D eigenvalue weighted by molar-refractivity contribution is 0.632. The van der Waals surface area contributed by atoms with E-state index in [1.165, 1.54) is 67.0 Å². The molecule has 0 radical (unpaired) electrons. The van der Waals surface area contributed by atoms with Gasteiger partial charge in [-0.25, -0.2) is 15.0 Å². The summed E-state index contributed by atoms with van der Waals surface area (Å²) in [7, 11) is 0. The lowest BCUT2D eigenvalue weighted by Gasteiger charge is -2.42. The molecule has 0 fully saturated rings.